The van der Waals surface area contributed by atoms with Gasteiger partial charge in [-0.05, 0) is 42.5 Å². The van der Waals surface area contributed by atoms with Gasteiger partial charge in [-0.3, -0.25) is 9.59 Å². The Bertz CT molecular complexity index is 488. The lowest BCUT2D eigenvalue weighted by molar-refractivity contribution is -0.144. The molecule has 4 nitrogen and oxygen atoms in total. The molecule has 114 valence electrons. The van der Waals surface area contributed by atoms with Crippen LogP contribution in [0.2, 0.25) is 0 Å². The highest BCUT2D eigenvalue weighted by Gasteiger charge is 2.16. The van der Waals surface area contributed by atoms with E-state index >= 15 is 0 Å². The Labute approximate surface area is 125 Å². The lowest BCUT2D eigenvalue weighted by Gasteiger charge is -2.13. The van der Waals surface area contributed by atoms with Crippen LogP contribution in [0.3, 0.4) is 0 Å². The second-order valence-corrected chi connectivity index (χ2v) is 4.85. The van der Waals surface area contributed by atoms with E-state index in [0.717, 1.165) is 18.3 Å². The zero-order valence-electron chi connectivity index (χ0n) is 12.5. The number of hydrogen-bond donors (Lipinski definition) is 1. The summed E-state index contributed by atoms with van der Waals surface area (Å²) in [7, 11) is 0. The molecule has 0 spiro atoms. The maximum Gasteiger partial charge on any atom is 0.306 e. The molecule has 1 N–H and O–H groups in total. The predicted octanol–water partition coefficient (Wildman–Crippen LogP) is 3.04. The highest BCUT2D eigenvalue weighted by Crippen LogP contribution is 2.18. The van der Waals surface area contributed by atoms with Crippen LogP contribution in [-0.4, -0.2) is 24.0 Å². The summed E-state index contributed by atoms with van der Waals surface area (Å²) in [6, 6.07) is 6.80. The predicted molar refractivity (Wildman–Crippen MR) is 81.0 cm³/mol. The van der Waals surface area contributed by atoms with Crippen molar-refractivity contribution >= 4 is 12.3 Å². The lowest BCUT2D eigenvalue weighted by Crippen LogP contribution is -2.15. The first kappa shape index (κ1) is 17.0. The smallest absolute Gasteiger partial charge is 0.306 e. The third-order valence-electron chi connectivity index (χ3n) is 3.44. The maximum absolute atomic E-state index is 11.8. The van der Waals surface area contributed by atoms with E-state index in [1.807, 2.05) is 6.92 Å². The number of phenols is 1. The summed E-state index contributed by atoms with van der Waals surface area (Å²) in [4.78, 5) is 22.7. The Balaban J connectivity index is 2.39. The van der Waals surface area contributed by atoms with Gasteiger partial charge >= 0.3 is 5.97 Å². The molecule has 0 radical (unpaired) electrons. The molecule has 21 heavy (non-hydrogen) atoms. The topological polar surface area (TPSA) is 63.6 Å². The van der Waals surface area contributed by atoms with Crippen LogP contribution in [0.1, 0.15) is 32.3 Å². The summed E-state index contributed by atoms with van der Waals surface area (Å²) in [5.74, 6) is -0.148. The molecule has 1 rings (SSSR count). The normalized spacial score (nSPS) is 12.8. The minimum absolute atomic E-state index is 0.0753. The van der Waals surface area contributed by atoms with Gasteiger partial charge in [0.05, 0.1) is 13.0 Å². The third kappa shape index (κ3) is 5.81. The third-order valence-corrected chi connectivity index (χ3v) is 3.44. The number of aromatic hydroxyl groups is 1. The summed E-state index contributed by atoms with van der Waals surface area (Å²) < 4.78 is 5.20. The molecule has 0 saturated carbocycles. The molecular weight excluding hydrogens is 268 g/mol. The van der Waals surface area contributed by atoms with Gasteiger partial charge < -0.3 is 9.84 Å². The molecule has 0 aliphatic rings. The number of phenolic OH excluding ortho intramolecular Hbond substituents is 1. The van der Waals surface area contributed by atoms with E-state index in [1.165, 1.54) is 0 Å². The Kier molecular flexibility index (Phi) is 7.23. The lowest BCUT2D eigenvalue weighted by atomic mass is 9.94. The highest BCUT2D eigenvalue weighted by molar-refractivity contribution is 5.77. The zero-order chi connectivity index (χ0) is 15.7. The van der Waals surface area contributed by atoms with Gasteiger partial charge in [0.15, 0.2) is 0 Å². The van der Waals surface area contributed by atoms with Gasteiger partial charge in [0, 0.05) is 6.42 Å². The van der Waals surface area contributed by atoms with Crippen molar-refractivity contribution in [2.45, 2.75) is 33.1 Å². The van der Waals surface area contributed by atoms with Crippen molar-refractivity contribution in [3.05, 3.63) is 41.5 Å². The number of carbonyl (C=O) groups excluding carboxylic acids is 2. The van der Waals surface area contributed by atoms with Gasteiger partial charge in [0.2, 0.25) is 0 Å². The van der Waals surface area contributed by atoms with Crippen LogP contribution >= 0.6 is 0 Å². The van der Waals surface area contributed by atoms with E-state index in [4.69, 9.17) is 4.74 Å². The van der Waals surface area contributed by atoms with Gasteiger partial charge in [-0.1, -0.05) is 25.1 Å². The summed E-state index contributed by atoms with van der Waals surface area (Å²) in [5.41, 5.74) is 1.64. The average Bonchev–Trinajstić information content (AvgIpc) is 2.49. The van der Waals surface area contributed by atoms with E-state index in [2.05, 4.69) is 0 Å². The number of benzene rings is 1. The summed E-state index contributed by atoms with van der Waals surface area (Å²) in [6.45, 7) is 4.04. The molecule has 1 unspecified atom stereocenters. The van der Waals surface area contributed by atoms with Gasteiger partial charge in [-0.25, -0.2) is 0 Å². The quantitative estimate of drug-likeness (QED) is 0.454. The number of hydrogen-bond acceptors (Lipinski definition) is 4. The largest absolute Gasteiger partial charge is 0.508 e. The van der Waals surface area contributed by atoms with Crippen molar-refractivity contribution in [1.29, 1.82) is 0 Å². The summed E-state index contributed by atoms with van der Waals surface area (Å²) in [5, 5.41) is 9.18. The van der Waals surface area contributed by atoms with Crippen LogP contribution in [0.15, 0.2) is 35.9 Å². The van der Waals surface area contributed by atoms with Gasteiger partial charge in [0.1, 0.15) is 12.0 Å². The Morgan fingerprint density at radius 3 is 2.52 bits per heavy atom. The Hall–Kier alpha value is -2.10. The van der Waals surface area contributed by atoms with Crippen molar-refractivity contribution in [3.8, 4) is 5.75 Å². The second-order valence-electron chi connectivity index (χ2n) is 4.85. The SMILES string of the molecule is CC=C(C=O)C(CC)CC(=O)OCCc1ccc(O)cc1. The molecule has 1 aromatic rings. The molecule has 0 fully saturated rings. The zero-order valence-corrected chi connectivity index (χ0v) is 12.5. The van der Waals surface area contributed by atoms with Gasteiger partial charge in [0.25, 0.3) is 0 Å². The number of rotatable bonds is 8. The molecular formula is C17H22O4. The second kappa shape index (κ2) is 8.95. The maximum atomic E-state index is 11.8. The molecule has 0 saturated heterocycles. The van der Waals surface area contributed by atoms with E-state index in [9.17, 15) is 14.7 Å². The van der Waals surface area contributed by atoms with Crippen molar-refractivity contribution in [3.63, 3.8) is 0 Å². The first-order chi connectivity index (χ1) is 10.1. The van der Waals surface area contributed by atoms with Crippen LogP contribution in [0, 0.1) is 5.92 Å². The first-order valence-electron chi connectivity index (χ1n) is 7.15. The molecule has 0 amide bonds. The molecule has 4 heteroatoms. The van der Waals surface area contributed by atoms with Crippen LogP contribution in [0.4, 0.5) is 0 Å². The standard InChI is InChI=1S/C17H22O4/c1-3-14(15(4-2)12-18)11-17(20)21-10-9-13-5-7-16(19)8-6-13/h4-8,12,14,19H,3,9-11H2,1-2H3. The fraction of sp³-hybridized carbons (Fsp3) is 0.412. The van der Waals surface area contributed by atoms with Crippen LogP contribution in [-0.2, 0) is 20.7 Å². The van der Waals surface area contributed by atoms with Crippen LogP contribution in [0.5, 0.6) is 5.75 Å². The van der Waals surface area contributed by atoms with Crippen molar-refractivity contribution < 1.29 is 19.4 Å². The average molecular weight is 290 g/mol. The first-order valence-corrected chi connectivity index (χ1v) is 7.15. The number of ether oxygens (including phenoxy) is 1. The number of allylic oxidation sites excluding steroid dienone is 2. The number of carbonyl (C=O) groups is 2. The van der Waals surface area contributed by atoms with Crippen molar-refractivity contribution in [1.82, 2.24) is 0 Å². The van der Waals surface area contributed by atoms with E-state index in [1.54, 1.807) is 37.3 Å². The summed E-state index contributed by atoms with van der Waals surface area (Å²) >= 11 is 0. The minimum Gasteiger partial charge on any atom is -0.508 e. The van der Waals surface area contributed by atoms with Crippen LogP contribution < -0.4 is 0 Å². The number of aldehydes is 1. The van der Waals surface area contributed by atoms with E-state index < -0.39 is 0 Å². The van der Waals surface area contributed by atoms with Crippen LogP contribution in [0.25, 0.3) is 0 Å². The molecule has 1 atom stereocenters. The molecule has 0 aromatic heterocycles. The summed E-state index contributed by atoms with van der Waals surface area (Å²) in [6.07, 6.45) is 4.10. The fourth-order valence-corrected chi connectivity index (χ4v) is 2.10. The van der Waals surface area contributed by atoms with Crippen molar-refractivity contribution in [2.24, 2.45) is 5.92 Å². The molecule has 0 aliphatic heterocycles. The van der Waals surface area contributed by atoms with E-state index in [-0.39, 0.29) is 24.1 Å². The Morgan fingerprint density at radius 2 is 2.00 bits per heavy atom. The molecule has 1 aromatic carbocycles. The van der Waals surface area contributed by atoms with E-state index in [0.29, 0.717) is 18.6 Å². The highest BCUT2D eigenvalue weighted by atomic mass is 16.5. The monoisotopic (exact) mass is 290 g/mol. The van der Waals surface area contributed by atoms with Gasteiger partial charge in [-0.2, -0.15) is 0 Å². The molecule has 0 heterocycles. The van der Waals surface area contributed by atoms with Gasteiger partial charge in [-0.15, -0.1) is 0 Å². The molecule has 0 aliphatic carbocycles. The molecule has 0 bridgehead atoms. The fourth-order valence-electron chi connectivity index (χ4n) is 2.10. The Morgan fingerprint density at radius 1 is 1.33 bits per heavy atom. The minimum atomic E-state index is -0.290. The number of esters is 1. The van der Waals surface area contributed by atoms with Crippen molar-refractivity contribution in [2.75, 3.05) is 6.61 Å².